The summed E-state index contributed by atoms with van der Waals surface area (Å²) < 4.78 is 0. The molecular formula is C15H18ClNS. The minimum atomic E-state index is 0. The topological polar surface area (TPSA) is 12.9 Å². The molecule has 1 atom stereocenters. The molecule has 0 saturated carbocycles. The Bertz CT molecular complexity index is 433. The summed E-state index contributed by atoms with van der Waals surface area (Å²) in [5.41, 5.74) is 2.58. The van der Waals surface area contributed by atoms with Gasteiger partial charge in [-0.2, -0.15) is 11.8 Å². The van der Waals surface area contributed by atoms with Crippen LogP contribution in [0, 0.1) is 0 Å². The van der Waals surface area contributed by atoms with E-state index in [2.05, 4.69) is 48.3 Å². The van der Waals surface area contributed by atoms with Crippen LogP contribution in [0.5, 0.6) is 0 Å². The Labute approximate surface area is 119 Å². The fourth-order valence-corrected chi connectivity index (χ4v) is 2.74. The van der Waals surface area contributed by atoms with Gasteiger partial charge in [-0.1, -0.05) is 36.4 Å². The van der Waals surface area contributed by atoms with E-state index in [1.807, 2.05) is 30.1 Å². The second-order valence-corrected chi connectivity index (χ2v) is 5.44. The van der Waals surface area contributed by atoms with Crippen molar-refractivity contribution in [3.63, 3.8) is 0 Å². The second kappa shape index (κ2) is 8.17. The highest BCUT2D eigenvalue weighted by molar-refractivity contribution is 7.99. The van der Waals surface area contributed by atoms with Gasteiger partial charge in [-0.3, -0.25) is 4.98 Å². The molecular weight excluding hydrogens is 262 g/mol. The van der Waals surface area contributed by atoms with Gasteiger partial charge in [-0.05, 0) is 36.8 Å². The summed E-state index contributed by atoms with van der Waals surface area (Å²) in [6.45, 7) is 2.26. The zero-order valence-corrected chi connectivity index (χ0v) is 12.1. The molecule has 0 radical (unpaired) electrons. The Hall–Kier alpha value is -0.990. The number of rotatable bonds is 5. The van der Waals surface area contributed by atoms with E-state index in [1.54, 1.807) is 0 Å². The summed E-state index contributed by atoms with van der Waals surface area (Å²) >= 11 is 1.98. The number of benzene rings is 1. The second-order valence-electron chi connectivity index (χ2n) is 3.99. The zero-order chi connectivity index (χ0) is 11.9. The lowest BCUT2D eigenvalue weighted by molar-refractivity contribution is 1.03. The minimum absolute atomic E-state index is 0. The molecule has 1 unspecified atom stereocenters. The predicted molar refractivity (Wildman–Crippen MR) is 82.5 cm³/mol. The van der Waals surface area contributed by atoms with Crippen LogP contribution in [-0.4, -0.2) is 10.7 Å². The van der Waals surface area contributed by atoms with Gasteiger partial charge < -0.3 is 0 Å². The molecule has 0 bridgehead atoms. The third-order valence-electron chi connectivity index (χ3n) is 2.72. The highest BCUT2D eigenvalue weighted by Crippen LogP contribution is 2.28. The standard InChI is InChI=1S/C15H17NS.ClH/c1-13(14-7-3-2-4-8-14)17-12-10-15-9-5-6-11-16-15;/h2-9,11,13H,10,12H2,1H3;1H. The van der Waals surface area contributed by atoms with Gasteiger partial charge in [0.15, 0.2) is 0 Å². The Morgan fingerprint density at radius 3 is 2.44 bits per heavy atom. The number of nitrogens with zero attached hydrogens (tertiary/aromatic N) is 1. The average Bonchev–Trinajstić information content (AvgIpc) is 2.41. The summed E-state index contributed by atoms with van der Waals surface area (Å²) in [5.74, 6) is 1.12. The van der Waals surface area contributed by atoms with Gasteiger partial charge in [0.05, 0.1) is 0 Å². The number of hydrogen-bond acceptors (Lipinski definition) is 2. The molecule has 0 spiro atoms. The Balaban J connectivity index is 0.00000162. The molecule has 2 rings (SSSR count). The van der Waals surface area contributed by atoms with E-state index in [4.69, 9.17) is 0 Å². The fourth-order valence-electron chi connectivity index (χ4n) is 1.71. The lowest BCUT2D eigenvalue weighted by atomic mass is 10.2. The summed E-state index contributed by atoms with van der Waals surface area (Å²) in [6.07, 6.45) is 2.91. The van der Waals surface area contributed by atoms with E-state index in [-0.39, 0.29) is 12.4 Å². The summed E-state index contributed by atoms with van der Waals surface area (Å²) in [4.78, 5) is 4.33. The first kappa shape index (κ1) is 15.1. The number of aromatic nitrogens is 1. The molecule has 2 aromatic rings. The summed E-state index contributed by atoms with van der Waals surface area (Å²) in [6, 6.07) is 16.8. The number of hydrogen-bond donors (Lipinski definition) is 0. The Morgan fingerprint density at radius 1 is 1.06 bits per heavy atom. The molecule has 0 aliphatic heterocycles. The quantitative estimate of drug-likeness (QED) is 0.797. The van der Waals surface area contributed by atoms with E-state index in [9.17, 15) is 0 Å². The van der Waals surface area contributed by atoms with Crippen LogP contribution in [0.1, 0.15) is 23.4 Å². The van der Waals surface area contributed by atoms with Crippen molar-refractivity contribution in [3.05, 3.63) is 66.0 Å². The molecule has 1 nitrogen and oxygen atoms in total. The maximum Gasteiger partial charge on any atom is 0.0411 e. The van der Waals surface area contributed by atoms with E-state index in [1.165, 1.54) is 11.3 Å². The van der Waals surface area contributed by atoms with Crippen LogP contribution in [0.3, 0.4) is 0 Å². The average molecular weight is 280 g/mol. The molecule has 0 aliphatic rings. The van der Waals surface area contributed by atoms with Crippen LogP contribution in [0.4, 0.5) is 0 Å². The van der Waals surface area contributed by atoms with Crippen LogP contribution < -0.4 is 0 Å². The molecule has 1 heterocycles. The SMILES string of the molecule is CC(SCCc1ccccn1)c1ccccc1.Cl. The fraction of sp³-hybridized carbons (Fsp3) is 0.267. The normalized spacial score (nSPS) is 11.6. The summed E-state index contributed by atoms with van der Waals surface area (Å²) in [7, 11) is 0. The van der Waals surface area contributed by atoms with Crippen molar-refractivity contribution >= 4 is 24.2 Å². The van der Waals surface area contributed by atoms with Crippen LogP contribution in [0.2, 0.25) is 0 Å². The van der Waals surface area contributed by atoms with E-state index < -0.39 is 0 Å². The van der Waals surface area contributed by atoms with Crippen LogP contribution in [0.15, 0.2) is 54.7 Å². The minimum Gasteiger partial charge on any atom is -0.261 e. The van der Waals surface area contributed by atoms with Crippen LogP contribution in [0.25, 0.3) is 0 Å². The molecule has 96 valence electrons. The highest BCUT2D eigenvalue weighted by Gasteiger charge is 2.04. The molecule has 0 fully saturated rings. The molecule has 18 heavy (non-hydrogen) atoms. The maximum atomic E-state index is 4.33. The first-order chi connectivity index (χ1) is 8.36. The molecule has 0 aliphatic carbocycles. The molecule has 3 heteroatoms. The summed E-state index contributed by atoms with van der Waals surface area (Å²) in [5, 5.41) is 0.555. The van der Waals surface area contributed by atoms with Crippen LogP contribution >= 0.6 is 24.2 Å². The molecule has 1 aromatic heterocycles. The van der Waals surface area contributed by atoms with Crippen LogP contribution in [-0.2, 0) is 6.42 Å². The lowest BCUT2D eigenvalue weighted by Crippen LogP contribution is -1.95. The van der Waals surface area contributed by atoms with Gasteiger partial charge in [-0.15, -0.1) is 12.4 Å². The zero-order valence-electron chi connectivity index (χ0n) is 10.5. The predicted octanol–water partition coefficient (Wildman–Crippen LogP) is 4.54. The number of thioether (sulfide) groups is 1. The van der Waals surface area contributed by atoms with E-state index in [0.717, 1.165) is 12.2 Å². The third kappa shape index (κ3) is 4.71. The van der Waals surface area contributed by atoms with Gasteiger partial charge in [0.2, 0.25) is 0 Å². The largest absolute Gasteiger partial charge is 0.261 e. The van der Waals surface area contributed by atoms with E-state index in [0.29, 0.717) is 5.25 Å². The number of halogens is 1. The highest BCUT2D eigenvalue weighted by atomic mass is 35.5. The van der Waals surface area contributed by atoms with Gasteiger partial charge in [-0.25, -0.2) is 0 Å². The monoisotopic (exact) mass is 279 g/mol. The smallest absolute Gasteiger partial charge is 0.0411 e. The van der Waals surface area contributed by atoms with Gasteiger partial charge in [0.25, 0.3) is 0 Å². The Kier molecular flexibility index (Phi) is 6.84. The molecule has 1 aromatic carbocycles. The Morgan fingerprint density at radius 2 is 1.78 bits per heavy atom. The first-order valence-electron chi connectivity index (χ1n) is 5.93. The van der Waals surface area contributed by atoms with Crippen molar-refractivity contribution in [2.24, 2.45) is 0 Å². The first-order valence-corrected chi connectivity index (χ1v) is 6.97. The third-order valence-corrected chi connectivity index (χ3v) is 3.93. The molecule has 0 saturated heterocycles. The number of pyridine rings is 1. The van der Waals surface area contributed by atoms with Gasteiger partial charge >= 0.3 is 0 Å². The van der Waals surface area contributed by atoms with Gasteiger partial charge in [0.1, 0.15) is 0 Å². The van der Waals surface area contributed by atoms with E-state index >= 15 is 0 Å². The maximum absolute atomic E-state index is 4.33. The molecule has 0 N–H and O–H groups in total. The lowest BCUT2D eigenvalue weighted by Gasteiger charge is -2.11. The number of aryl methyl sites for hydroxylation is 1. The van der Waals surface area contributed by atoms with Gasteiger partial charge in [0, 0.05) is 17.1 Å². The van der Waals surface area contributed by atoms with Crippen molar-refractivity contribution in [2.45, 2.75) is 18.6 Å². The van der Waals surface area contributed by atoms with Crippen molar-refractivity contribution in [2.75, 3.05) is 5.75 Å². The van der Waals surface area contributed by atoms with Crippen molar-refractivity contribution in [1.29, 1.82) is 0 Å². The van der Waals surface area contributed by atoms with Crippen molar-refractivity contribution in [3.8, 4) is 0 Å². The van der Waals surface area contributed by atoms with Crippen molar-refractivity contribution < 1.29 is 0 Å². The molecule has 0 amide bonds. The van der Waals surface area contributed by atoms with Crippen molar-refractivity contribution in [1.82, 2.24) is 4.98 Å².